The molecule has 0 unspecified atom stereocenters. The van der Waals surface area contributed by atoms with Crippen LogP contribution in [-0.2, 0) is 5.75 Å². The van der Waals surface area contributed by atoms with Crippen LogP contribution >= 0.6 is 39.0 Å². The molecule has 0 aliphatic carbocycles. The van der Waals surface area contributed by atoms with E-state index in [2.05, 4.69) is 31.4 Å². The molecular weight excluding hydrogens is 469 g/mol. The van der Waals surface area contributed by atoms with E-state index in [4.69, 9.17) is 9.47 Å². The Morgan fingerprint density at radius 3 is 2.43 bits per heavy atom. The van der Waals surface area contributed by atoms with Gasteiger partial charge < -0.3 is 9.47 Å². The minimum absolute atomic E-state index is 0.268. The summed E-state index contributed by atoms with van der Waals surface area (Å²) in [6.45, 7) is 0. The van der Waals surface area contributed by atoms with E-state index in [0.717, 1.165) is 5.56 Å². The molecule has 1 N–H and O–H groups in total. The van der Waals surface area contributed by atoms with Crippen molar-refractivity contribution in [2.24, 2.45) is 0 Å². The Balaban J connectivity index is 1.66. The molecule has 0 aliphatic heterocycles. The maximum atomic E-state index is 12.9. The average Bonchev–Trinajstić information content (AvgIpc) is 3.15. The van der Waals surface area contributed by atoms with Gasteiger partial charge in [0, 0.05) is 11.3 Å². The normalized spacial score (nSPS) is 10.6. The van der Waals surface area contributed by atoms with E-state index in [9.17, 15) is 9.18 Å². The molecule has 0 saturated heterocycles. The van der Waals surface area contributed by atoms with E-state index in [1.807, 2.05) is 0 Å². The van der Waals surface area contributed by atoms with Gasteiger partial charge >= 0.3 is 0 Å². The van der Waals surface area contributed by atoms with Gasteiger partial charge in [-0.2, -0.15) is 0 Å². The predicted octanol–water partition coefficient (Wildman–Crippen LogP) is 5.00. The van der Waals surface area contributed by atoms with E-state index >= 15 is 0 Å². The standard InChI is InChI=1S/C18H15BrFN3O3S2/c1-25-13-7-11(8-14(26-2)15(13)19)16(24)21-17-22-23-18(28-17)27-9-10-3-5-12(20)6-4-10/h3-8H,9H2,1-2H3,(H,21,22,24). The summed E-state index contributed by atoms with van der Waals surface area (Å²) < 4.78 is 24.8. The van der Waals surface area contributed by atoms with Crippen LogP contribution in [0.5, 0.6) is 11.5 Å². The van der Waals surface area contributed by atoms with Gasteiger partial charge in [0.1, 0.15) is 21.8 Å². The number of nitrogens with one attached hydrogen (secondary N) is 1. The van der Waals surface area contributed by atoms with Crippen molar-refractivity contribution in [3.8, 4) is 11.5 Å². The zero-order valence-electron chi connectivity index (χ0n) is 14.9. The Kier molecular flexibility index (Phi) is 6.87. The topological polar surface area (TPSA) is 73.3 Å². The Morgan fingerprint density at radius 2 is 1.82 bits per heavy atom. The third kappa shape index (κ3) is 5.00. The molecule has 0 aliphatic rings. The minimum Gasteiger partial charge on any atom is -0.495 e. The van der Waals surface area contributed by atoms with Crippen molar-refractivity contribution in [2.75, 3.05) is 19.5 Å². The highest BCUT2D eigenvalue weighted by atomic mass is 79.9. The van der Waals surface area contributed by atoms with Crippen molar-refractivity contribution < 1.29 is 18.7 Å². The lowest BCUT2D eigenvalue weighted by Crippen LogP contribution is -2.12. The molecule has 0 spiro atoms. The van der Waals surface area contributed by atoms with Gasteiger partial charge in [0.2, 0.25) is 5.13 Å². The second-order valence-corrected chi connectivity index (χ2v) is 8.43. The highest BCUT2D eigenvalue weighted by Gasteiger charge is 2.16. The molecule has 28 heavy (non-hydrogen) atoms. The maximum absolute atomic E-state index is 12.9. The zero-order valence-corrected chi connectivity index (χ0v) is 18.1. The summed E-state index contributed by atoms with van der Waals surface area (Å²) in [5.74, 6) is 0.977. The van der Waals surface area contributed by atoms with Crippen LogP contribution in [0.4, 0.5) is 9.52 Å². The summed E-state index contributed by atoms with van der Waals surface area (Å²) >= 11 is 6.10. The van der Waals surface area contributed by atoms with Gasteiger partial charge in [0.25, 0.3) is 5.91 Å². The van der Waals surface area contributed by atoms with Crippen molar-refractivity contribution in [1.29, 1.82) is 0 Å². The van der Waals surface area contributed by atoms with Gasteiger partial charge in [-0.3, -0.25) is 10.1 Å². The smallest absolute Gasteiger partial charge is 0.257 e. The predicted molar refractivity (Wildman–Crippen MR) is 111 cm³/mol. The van der Waals surface area contributed by atoms with Gasteiger partial charge in [-0.05, 0) is 45.8 Å². The van der Waals surface area contributed by atoms with Gasteiger partial charge in [-0.15, -0.1) is 10.2 Å². The number of carbonyl (C=O) groups is 1. The molecule has 1 heterocycles. The largest absolute Gasteiger partial charge is 0.495 e. The molecule has 0 radical (unpaired) electrons. The number of rotatable bonds is 7. The average molecular weight is 484 g/mol. The van der Waals surface area contributed by atoms with Gasteiger partial charge in [-0.1, -0.05) is 35.2 Å². The molecule has 3 aromatic rings. The molecule has 6 nitrogen and oxygen atoms in total. The van der Waals surface area contributed by atoms with Crippen molar-refractivity contribution >= 4 is 50.1 Å². The highest BCUT2D eigenvalue weighted by molar-refractivity contribution is 9.10. The molecule has 0 bridgehead atoms. The third-order valence-corrected chi connectivity index (χ3v) is 6.44. The first-order valence-corrected chi connectivity index (χ1v) is 10.5. The van der Waals surface area contributed by atoms with Crippen LogP contribution in [0.3, 0.4) is 0 Å². The fourth-order valence-corrected chi connectivity index (χ4v) is 4.47. The number of halogens is 2. The zero-order chi connectivity index (χ0) is 20.1. The molecule has 0 atom stereocenters. The first-order chi connectivity index (χ1) is 13.5. The molecule has 146 valence electrons. The first-order valence-electron chi connectivity index (χ1n) is 7.93. The van der Waals surface area contributed by atoms with Gasteiger partial charge in [0.15, 0.2) is 4.34 Å². The summed E-state index contributed by atoms with van der Waals surface area (Å²) in [7, 11) is 3.02. The fraction of sp³-hybridized carbons (Fsp3) is 0.167. The van der Waals surface area contributed by atoms with E-state index in [0.29, 0.717) is 36.8 Å². The minimum atomic E-state index is -0.352. The maximum Gasteiger partial charge on any atom is 0.257 e. The number of thioether (sulfide) groups is 1. The second kappa shape index (κ2) is 9.35. The van der Waals surface area contributed by atoms with Crippen molar-refractivity contribution in [3.63, 3.8) is 0 Å². The van der Waals surface area contributed by atoms with Crippen LogP contribution < -0.4 is 14.8 Å². The Morgan fingerprint density at radius 1 is 1.18 bits per heavy atom. The number of anilines is 1. The number of aromatic nitrogens is 2. The number of carbonyl (C=O) groups excluding carboxylic acids is 1. The Labute approximate surface area is 177 Å². The number of hydrogen-bond acceptors (Lipinski definition) is 7. The lowest BCUT2D eigenvalue weighted by atomic mass is 10.2. The number of ether oxygens (including phenoxy) is 2. The summed E-state index contributed by atoms with van der Waals surface area (Å²) in [4.78, 5) is 12.5. The van der Waals surface area contributed by atoms with Crippen molar-refractivity contribution in [1.82, 2.24) is 10.2 Å². The van der Waals surface area contributed by atoms with E-state index in [1.54, 1.807) is 24.3 Å². The molecule has 10 heteroatoms. The van der Waals surface area contributed by atoms with Crippen LogP contribution in [0.2, 0.25) is 0 Å². The Bertz CT molecular complexity index is 957. The molecule has 0 fully saturated rings. The lowest BCUT2D eigenvalue weighted by Gasteiger charge is -2.10. The third-order valence-electron chi connectivity index (χ3n) is 3.61. The number of benzene rings is 2. The quantitative estimate of drug-likeness (QED) is 0.376. The SMILES string of the molecule is COc1cc(C(=O)Nc2nnc(SCc3ccc(F)cc3)s2)cc(OC)c1Br. The molecule has 3 rings (SSSR count). The van der Waals surface area contributed by atoms with E-state index in [-0.39, 0.29) is 11.7 Å². The highest BCUT2D eigenvalue weighted by Crippen LogP contribution is 2.36. The van der Waals surface area contributed by atoms with Crippen LogP contribution in [0.15, 0.2) is 45.2 Å². The Hall–Kier alpha value is -2.17. The monoisotopic (exact) mass is 483 g/mol. The van der Waals surface area contributed by atoms with Crippen LogP contribution in [-0.4, -0.2) is 30.3 Å². The molecule has 1 aromatic heterocycles. The molecule has 2 aromatic carbocycles. The summed E-state index contributed by atoms with van der Waals surface area (Å²) in [5.41, 5.74) is 1.34. The lowest BCUT2D eigenvalue weighted by molar-refractivity contribution is 0.102. The van der Waals surface area contributed by atoms with E-state index < -0.39 is 0 Å². The molecule has 1 amide bonds. The van der Waals surface area contributed by atoms with Crippen LogP contribution in [0.25, 0.3) is 0 Å². The van der Waals surface area contributed by atoms with Crippen LogP contribution in [0, 0.1) is 5.82 Å². The summed E-state index contributed by atoms with van der Waals surface area (Å²) in [6.07, 6.45) is 0. The second-order valence-electron chi connectivity index (χ2n) is 5.44. The van der Waals surface area contributed by atoms with Crippen molar-refractivity contribution in [2.45, 2.75) is 10.1 Å². The number of methoxy groups -OCH3 is 2. The molecule has 0 saturated carbocycles. The molecular formula is C18H15BrFN3O3S2. The fourth-order valence-electron chi connectivity index (χ4n) is 2.21. The van der Waals surface area contributed by atoms with Gasteiger partial charge in [-0.25, -0.2) is 4.39 Å². The van der Waals surface area contributed by atoms with E-state index in [1.165, 1.54) is 49.5 Å². The summed E-state index contributed by atoms with van der Waals surface area (Å²) in [6, 6.07) is 9.49. The first kappa shape index (κ1) is 20.6. The van der Waals surface area contributed by atoms with Crippen molar-refractivity contribution in [3.05, 3.63) is 57.8 Å². The van der Waals surface area contributed by atoms with Gasteiger partial charge in [0.05, 0.1) is 14.2 Å². The number of amides is 1. The number of hydrogen-bond donors (Lipinski definition) is 1. The summed E-state index contributed by atoms with van der Waals surface area (Å²) in [5, 5.41) is 11.2. The van der Waals surface area contributed by atoms with Crippen LogP contribution in [0.1, 0.15) is 15.9 Å². The number of nitrogens with zero attached hydrogens (tertiary/aromatic N) is 2.